The predicted molar refractivity (Wildman–Crippen MR) is 91.0 cm³/mol. The van der Waals surface area contributed by atoms with Gasteiger partial charge in [-0.2, -0.15) is 0 Å². The Balaban J connectivity index is 1.43. The van der Waals surface area contributed by atoms with Crippen molar-refractivity contribution in [3.8, 4) is 0 Å². The van der Waals surface area contributed by atoms with E-state index in [-0.39, 0.29) is 0 Å². The third kappa shape index (κ3) is 2.94. The number of nitrogens with two attached hydrogens (primary N) is 1. The summed E-state index contributed by atoms with van der Waals surface area (Å²) in [6, 6.07) is 8.98. The van der Waals surface area contributed by atoms with Crippen LogP contribution in [0.25, 0.3) is 0 Å². The van der Waals surface area contributed by atoms with Crippen LogP contribution in [0.1, 0.15) is 50.5 Å². The van der Waals surface area contributed by atoms with Gasteiger partial charge in [0, 0.05) is 10.5 Å². The molecule has 0 radical (unpaired) electrons. The number of benzene rings is 1. The highest BCUT2D eigenvalue weighted by atomic mass is 79.9. The van der Waals surface area contributed by atoms with Gasteiger partial charge in [-0.05, 0) is 92.2 Å². The standard InChI is InChI=1S/C19H26BrN/c20-17-3-1-2-13(7-17)8-18(21)12-19-9-14-4-15(10-19)6-16(5-14)11-19/h1-3,7,14-16,18H,4-6,8-12,21H2. The summed E-state index contributed by atoms with van der Waals surface area (Å²) in [7, 11) is 0. The topological polar surface area (TPSA) is 26.0 Å². The molecular weight excluding hydrogens is 322 g/mol. The van der Waals surface area contributed by atoms with Crippen LogP contribution in [-0.2, 0) is 6.42 Å². The fourth-order valence-electron chi connectivity index (χ4n) is 6.14. The Morgan fingerprint density at radius 1 is 1.10 bits per heavy atom. The van der Waals surface area contributed by atoms with E-state index in [1.165, 1.54) is 55.0 Å². The van der Waals surface area contributed by atoms with Crippen molar-refractivity contribution in [2.45, 2.75) is 57.4 Å². The first-order valence-corrected chi connectivity index (χ1v) is 9.40. The molecule has 1 atom stereocenters. The molecule has 4 fully saturated rings. The minimum atomic E-state index is 0.329. The lowest BCUT2D eigenvalue weighted by atomic mass is 9.48. The van der Waals surface area contributed by atoms with Gasteiger partial charge in [-0.15, -0.1) is 0 Å². The molecule has 1 nitrogen and oxygen atoms in total. The Bertz CT molecular complexity index is 489. The van der Waals surface area contributed by atoms with Crippen molar-refractivity contribution in [2.75, 3.05) is 0 Å². The Labute approximate surface area is 136 Å². The fourth-order valence-corrected chi connectivity index (χ4v) is 6.58. The molecular formula is C19H26BrN. The molecule has 21 heavy (non-hydrogen) atoms. The van der Waals surface area contributed by atoms with Crippen LogP contribution in [0, 0.1) is 23.2 Å². The van der Waals surface area contributed by atoms with Crippen molar-refractivity contribution in [1.29, 1.82) is 0 Å². The number of halogens is 1. The molecule has 4 saturated carbocycles. The molecule has 0 aromatic heterocycles. The summed E-state index contributed by atoms with van der Waals surface area (Å²) in [4.78, 5) is 0. The van der Waals surface area contributed by atoms with Gasteiger partial charge in [-0.25, -0.2) is 0 Å². The lowest BCUT2D eigenvalue weighted by molar-refractivity contribution is -0.0602. The highest BCUT2D eigenvalue weighted by Gasteiger charge is 2.50. The van der Waals surface area contributed by atoms with Crippen molar-refractivity contribution >= 4 is 15.9 Å². The van der Waals surface area contributed by atoms with E-state index < -0.39 is 0 Å². The first kappa shape index (κ1) is 14.3. The summed E-state index contributed by atoms with van der Waals surface area (Å²) in [5.41, 5.74) is 8.55. The largest absolute Gasteiger partial charge is 0.327 e. The fraction of sp³-hybridized carbons (Fsp3) is 0.684. The number of hydrogen-bond donors (Lipinski definition) is 1. The molecule has 4 aliphatic rings. The Kier molecular flexibility index (Phi) is 3.66. The lowest BCUT2D eigenvalue weighted by Crippen LogP contribution is -2.48. The summed E-state index contributed by atoms with van der Waals surface area (Å²) in [5, 5.41) is 0. The molecule has 0 heterocycles. The molecule has 2 N–H and O–H groups in total. The van der Waals surface area contributed by atoms with Crippen molar-refractivity contribution in [3.05, 3.63) is 34.3 Å². The van der Waals surface area contributed by atoms with Crippen LogP contribution in [0.5, 0.6) is 0 Å². The second-order valence-corrected chi connectivity index (χ2v) is 9.13. The summed E-state index contributed by atoms with van der Waals surface area (Å²) < 4.78 is 1.17. The molecule has 0 aliphatic heterocycles. The van der Waals surface area contributed by atoms with Crippen molar-refractivity contribution in [2.24, 2.45) is 28.9 Å². The van der Waals surface area contributed by atoms with Crippen LogP contribution in [-0.4, -0.2) is 6.04 Å². The van der Waals surface area contributed by atoms with Crippen LogP contribution in [0.2, 0.25) is 0 Å². The van der Waals surface area contributed by atoms with Gasteiger partial charge < -0.3 is 5.73 Å². The SMILES string of the molecule is NC(Cc1cccc(Br)c1)CC12CC3CC(CC(C3)C1)C2. The van der Waals surface area contributed by atoms with Gasteiger partial charge >= 0.3 is 0 Å². The van der Waals surface area contributed by atoms with Gasteiger partial charge in [0.15, 0.2) is 0 Å². The average Bonchev–Trinajstić information content (AvgIpc) is 2.35. The van der Waals surface area contributed by atoms with E-state index >= 15 is 0 Å². The van der Waals surface area contributed by atoms with E-state index in [2.05, 4.69) is 40.2 Å². The van der Waals surface area contributed by atoms with E-state index in [9.17, 15) is 0 Å². The van der Waals surface area contributed by atoms with Gasteiger partial charge in [-0.3, -0.25) is 0 Å². The first-order valence-electron chi connectivity index (χ1n) is 8.60. The van der Waals surface area contributed by atoms with Crippen LogP contribution in [0.15, 0.2) is 28.7 Å². The predicted octanol–water partition coefficient (Wildman–Crippen LogP) is 4.93. The average molecular weight is 348 g/mol. The molecule has 4 bridgehead atoms. The maximum atomic E-state index is 6.56. The smallest absolute Gasteiger partial charge is 0.0178 e. The van der Waals surface area contributed by atoms with Gasteiger partial charge in [-0.1, -0.05) is 28.1 Å². The van der Waals surface area contributed by atoms with Gasteiger partial charge in [0.1, 0.15) is 0 Å². The summed E-state index contributed by atoms with van der Waals surface area (Å²) in [5.74, 6) is 3.11. The molecule has 2 heteroatoms. The third-order valence-electron chi connectivity index (χ3n) is 6.25. The normalized spacial score (nSPS) is 38.7. The molecule has 5 rings (SSSR count). The molecule has 0 saturated heterocycles. The maximum Gasteiger partial charge on any atom is 0.0178 e. The summed E-state index contributed by atoms with van der Waals surface area (Å²) in [6.07, 6.45) is 11.3. The quantitative estimate of drug-likeness (QED) is 0.821. The van der Waals surface area contributed by atoms with Crippen LogP contribution >= 0.6 is 15.9 Å². The number of hydrogen-bond acceptors (Lipinski definition) is 1. The molecule has 1 aromatic rings. The van der Waals surface area contributed by atoms with Crippen LogP contribution < -0.4 is 5.73 Å². The van der Waals surface area contributed by atoms with E-state index in [4.69, 9.17) is 5.73 Å². The van der Waals surface area contributed by atoms with Crippen molar-refractivity contribution < 1.29 is 0 Å². The molecule has 1 aromatic carbocycles. The minimum Gasteiger partial charge on any atom is -0.327 e. The minimum absolute atomic E-state index is 0.329. The van der Waals surface area contributed by atoms with Gasteiger partial charge in [0.05, 0.1) is 0 Å². The van der Waals surface area contributed by atoms with Crippen LogP contribution in [0.3, 0.4) is 0 Å². The highest BCUT2D eigenvalue weighted by molar-refractivity contribution is 9.10. The van der Waals surface area contributed by atoms with Gasteiger partial charge in [0.25, 0.3) is 0 Å². The van der Waals surface area contributed by atoms with E-state index in [1.807, 2.05) is 0 Å². The highest BCUT2D eigenvalue weighted by Crippen LogP contribution is 2.61. The van der Waals surface area contributed by atoms with E-state index in [0.29, 0.717) is 11.5 Å². The first-order chi connectivity index (χ1) is 10.1. The summed E-state index contributed by atoms with van der Waals surface area (Å²) in [6.45, 7) is 0. The molecule has 0 spiro atoms. The molecule has 1 unspecified atom stereocenters. The van der Waals surface area contributed by atoms with E-state index in [0.717, 1.165) is 24.2 Å². The monoisotopic (exact) mass is 347 g/mol. The summed E-state index contributed by atoms with van der Waals surface area (Å²) >= 11 is 3.56. The molecule has 0 amide bonds. The van der Waals surface area contributed by atoms with Crippen molar-refractivity contribution in [1.82, 2.24) is 0 Å². The maximum absolute atomic E-state index is 6.56. The van der Waals surface area contributed by atoms with Gasteiger partial charge in [0.2, 0.25) is 0 Å². The zero-order valence-corrected chi connectivity index (χ0v) is 14.3. The lowest BCUT2D eigenvalue weighted by Gasteiger charge is -2.57. The van der Waals surface area contributed by atoms with E-state index in [1.54, 1.807) is 0 Å². The zero-order valence-electron chi connectivity index (χ0n) is 12.7. The Hall–Kier alpha value is -0.340. The molecule has 4 aliphatic carbocycles. The third-order valence-corrected chi connectivity index (χ3v) is 6.74. The zero-order chi connectivity index (χ0) is 14.4. The Morgan fingerprint density at radius 2 is 1.71 bits per heavy atom. The second kappa shape index (κ2) is 5.38. The molecule has 114 valence electrons. The Morgan fingerprint density at radius 3 is 2.29 bits per heavy atom. The second-order valence-electron chi connectivity index (χ2n) is 8.22. The van der Waals surface area contributed by atoms with Crippen LogP contribution in [0.4, 0.5) is 0 Å². The number of rotatable bonds is 4. The van der Waals surface area contributed by atoms with Crippen molar-refractivity contribution in [3.63, 3.8) is 0 Å².